The summed E-state index contributed by atoms with van der Waals surface area (Å²) in [5.41, 5.74) is -0.358. The van der Waals surface area contributed by atoms with Crippen molar-refractivity contribution in [3.63, 3.8) is 0 Å². The zero-order valence-corrected chi connectivity index (χ0v) is 10.6. The summed E-state index contributed by atoms with van der Waals surface area (Å²) in [5.74, 6) is -0.0243. The second-order valence-corrected chi connectivity index (χ2v) is 5.92. The second kappa shape index (κ2) is 3.86. The number of hydrogen-bond acceptors (Lipinski definition) is 3. The predicted molar refractivity (Wildman–Crippen MR) is 63.0 cm³/mol. The van der Waals surface area contributed by atoms with Gasteiger partial charge in [0.15, 0.2) is 0 Å². The van der Waals surface area contributed by atoms with Crippen LogP contribution in [0.25, 0.3) is 0 Å². The van der Waals surface area contributed by atoms with Gasteiger partial charge >= 0.3 is 5.97 Å². The van der Waals surface area contributed by atoms with Crippen molar-refractivity contribution >= 4 is 5.97 Å². The highest BCUT2D eigenvalue weighted by Crippen LogP contribution is 2.41. The van der Waals surface area contributed by atoms with Gasteiger partial charge in [-0.1, -0.05) is 38.8 Å². The van der Waals surface area contributed by atoms with Gasteiger partial charge in [0, 0.05) is 11.5 Å². The molecule has 17 heavy (non-hydrogen) atoms. The number of aliphatic carboxylic acids is 1. The molecule has 0 aliphatic heterocycles. The molecule has 4 heteroatoms. The molecule has 1 aliphatic carbocycles. The Kier molecular flexibility index (Phi) is 2.76. The monoisotopic (exact) mass is 237 g/mol. The lowest BCUT2D eigenvalue weighted by Crippen LogP contribution is -2.32. The molecule has 4 nitrogen and oxygen atoms in total. The number of carbonyl (C=O) groups is 1. The minimum Gasteiger partial charge on any atom is -0.481 e. The zero-order valence-electron chi connectivity index (χ0n) is 10.6. The van der Waals surface area contributed by atoms with Gasteiger partial charge in [0.05, 0.1) is 0 Å². The maximum Gasteiger partial charge on any atom is 0.315 e. The van der Waals surface area contributed by atoms with E-state index in [0.29, 0.717) is 18.5 Å². The molecule has 1 aliphatic rings. The van der Waals surface area contributed by atoms with E-state index in [2.05, 4.69) is 5.16 Å². The minimum atomic E-state index is -0.812. The normalized spacial score (nSPS) is 19.5. The van der Waals surface area contributed by atoms with E-state index in [4.69, 9.17) is 4.52 Å². The van der Waals surface area contributed by atoms with E-state index in [-0.39, 0.29) is 5.41 Å². The summed E-state index contributed by atoms with van der Waals surface area (Å²) in [7, 11) is 0. The molecule has 0 atom stereocenters. The molecule has 0 amide bonds. The van der Waals surface area contributed by atoms with Gasteiger partial charge in [-0.2, -0.15) is 0 Å². The van der Waals surface area contributed by atoms with Crippen LogP contribution < -0.4 is 0 Å². The van der Waals surface area contributed by atoms with Crippen LogP contribution in [-0.4, -0.2) is 16.2 Å². The van der Waals surface area contributed by atoms with Gasteiger partial charge in [-0.15, -0.1) is 0 Å². The predicted octanol–water partition coefficient (Wildman–Crippen LogP) is 2.87. The van der Waals surface area contributed by atoms with E-state index in [1.165, 1.54) is 0 Å². The highest BCUT2D eigenvalue weighted by molar-refractivity contribution is 5.81. The van der Waals surface area contributed by atoms with Crippen LogP contribution in [0.4, 0.5) is 0 Å². The molecule has 1 saturated carbocycles. The molecule has 0 radical (unpaired) electrons. The maximum atomic E-state index is 11.5. The van der Waals surface area contributed by atoms with Crippen LogP contribution >= 0.6 is 0 Å². The van der Waals surface area contributed by atoms with Crippen LogP contribution in [-0.2, 0) is 15.6 Å². The molecule has 0 saturated heterocycles. The molecule has 94 valence electrons. The second-order valence-electron chi connectivity index (χ2n) is 5.92. The number of nitrogens with zero attached hydrogens (tertiary/aromatic N) is 1. The average molecular weight is 237 g/mol. The summed E-state index contributed by atoms with van der Waals surface area (Å²) in [6.45, 7) is 6.08. The highest BCUT2D eigenvalue weighted by atomic mass is 16.5. The Balaban J connectivity index is 2.39. The fourth-order valence-electron chi connectivity index (χ4n) is 2.41. The van der Waals surface area contributed by atoms with Gasteiger partial charge in [-0.25, -0.2) is 0 Å². The van der Waals surface area contributed by atoms with Gasteiger partial charge in [0.1, 0.15) is 16.9 Å². The lowest BCUT2D eigenvalue weighted by atomic mass is 9.81. The van der Waals surface area contributed by atoms with Crippen LogP contribution in [0, 0.1) is 0 Å². The van der Waals surface area contributed by atoms with Crippen LogP contribution in [0.2, 0.25) is 0 Å². The van der Waals surface area contributed by atoms with Gasteiger partial charge < -0.3 is 9.63 Å². The molecule has 0 spiro atoms. The molecule has 0 unspecified atom stereocenters. The largest absolute Gasteiger partial charge is 0.481 e. The van der Waals surface area contributed by atoms with Crippen molar-refractivity contribution in [2.24, 2.45) is 0 Å². The highest BCUT2D eigenvalue weighted by Gasteiger charge is 2.45. The molecule has 0 bridgehead atoms. The lowest BCUT2D eigenvalue weighted by Gasteiger charge is -2.20. The third kappa shape index (κ3) is 1.96. The summed E-state index contributed by atoms with van der Waals surface area (Å²) in [4.78, 5) is 11.5. The maximum absolute atomic E-state index is 11.5. The fourth-order valence-corrected chi connectivity index (χ4v) is 2.41. The molecule has 1 N–H and O–H groups in total. The van der Waals surface area contributed by atoms with Crippen molar-refractivity contribution < 1.29 is 14.4 Å². The Morgan fingerprint density at radius 1 is 1.41 bits per heavy atom. The van der Waals surface area contributed by atoms with Crippen LogP contribution in [0.3, 0.4) is 0 Å². The van der Waals surface area contributed by atoms with Crippen molar-refractivity contribution in [3.05, 3.63) is 17.5 Å². The van der Waals surface area contributed by atoms with Crippen molar-refractivity contribution in [2.75, 3.05) is 0 Å². The SMILES string of the molecule is CC(C)(C)c1cc(C2(C(=O)O)CCCC2)no1. The Morgan fingerprint density at radius 2 is 2.00 bits per heavy atom. The number of rotatable bonds is 2. The Labute approximate surface area is 101 Å². The van der Waals surface area contributed by atoms with E-state index >= 15 is 0 Å². The van der Waals surface area contributed by atoms with Gasteiger partial charge in [0.25, 0.3) is 0 Å². The first-order valence-corrected chi connectivity index (χ1v) is 6.07. The molecule has 1 fully saturated rings. The number of hydrogen-bond donors (Lipinski definition) is 1. The van der Waals surface area contributed by atoms with Crippen LogP contribution in [0.15, 0.2) is 10.6 Å². The van der Waals surface area contributed by atoms with Crippen LogP contribution in [0.1, 0.15) is 57.9 Å². The van der Waals surface area contributed by atoms with Gasteiger partial charge in [-0.05, 0) is 12.8 Å². The van der Waals surface area contributed by atoms with E-state index in [9.17, 15) is 9.90 Å². The molecule has 1 aromatic rings. The Bertz CT molecular complexity index is 422. The Morgan fingerprint density at radius 3 is 2.41 bits per heavy atom. The molecular weight excluding hydrogens is 218 g/mol. The Hall–Kier alpha value is -1.32. The number of aromatic nitrogens is 1. The standard InChI is InChI=1S/C13H19NO3/c1-12(2,3)10-8-9(14-17-10)13(11(15)16)6-4-5-7-13/h8H,4-7H2,1-3H3,(H,15,16). The quantitative estimate of drug-likeness (QED) is 0.859. The average Bonchev–Trinajstić information content (AvgIpc) is 2.86. The summed E-state index contributed by atoms with van der Waals surface area (Å²) >= 11 is 0. The van der Waals surface area contributed by atoms with Gasteiger partial charge in [-0.3, -0.25) is 4.79 Å². The van der Waals surface area contributed by atoms with Gasteiger partial charge in [0.2, 0.25) is 0 Å². The first-order valence-electron chi connectivity index (χ1n) is 6.07. The first-order chi connectivity index (χ1) is 7.86. The van der Waals surface area contributed by atoms with Crippen LogP contribution in [0.5, 0.6) is 0 Å². The molecule has 1 aromatic heterocycles. The number of carboxylic acids is 1. The molecular formula is C13H19NO3. The van der Waals surface area contributed by atoms with E-state index in [1.807, 2.05) is 26.8 Å². The van der Waals surface area contributed by atoms with E-state index in [1.54, 1.807) is 0 Å². The van der Waals surface area contributed by atoms with Crippen molar-refractivity contribution in [1.82, 2.24) is 5.16 Å². The van der Waals surface area contributed by atoms with Crippen molar-refractivity contribution in [1.29, 1.82) is 0 Å². The zero-order chi connectivity index (χ0) is 12.7. The van der Waals surface area contributed by atoms with E-state index < -0.39 is 11.4 Å². The summed E-state index contributed by atoms with van der Waals surface area (Å²) in [5, 5.41) is 13.4. The summed E-state index contributed by atoms with van der Waals surface area (Å²) in [6, 6.07) is 1.82. The molecule has 1 heterocycles. The third-order valence-electron chi connectivity index (χ3n) is 3.61. The van der Waals surface area contributed by atoms with Crippen molar-refractivity contribution in [3.8, 4) is 0 Å². The van der Waals surface area contributed by atoms with Crippen molar-refractivity contribution in [2.45, 2.75) is 57.3 Å². The summed E-state index contributed by atoms with van der Waals surface area (Å²) in [6.07, 6.45) is 3.23. The summed E-state index contributed by atoms with van der Waals surface area (Å²) < 4.78 is 5.30. The molecule has 2 rings (SSSR count). The fraction of sp³-hybridized carbons (Fsp3) is 0.692. The topological polar surface area (TPSA) is 63.3 Å². The molecule has 0 aromatic carbocycles. The number of carboxylic acid groups (broad SMARTS) is 1. The third-order valence-corrected chi connectivity index (χ3v) is 3.61. The lowest BCUT2D eigenvalue weighted by molar-refractivity contribution is -0.143. The van der Waals surface area contributed by atoms with E-state index in [0.717, 1.165) is 18.6 Å². The smallest absolute Gasteiger partial charge is 0.315 e. The first kappa shape index (κ1) is 12.1. The minimum absolute atomic E-state index is 0.135.